The zero-order valence-electron chi connectivity index (χ0n) is 11.4. The molecule has 3 amide bonds. The van der Waals surface area contributed by atoms with E-state index in [0.29, 0.717) is 13.1 Å². The van der Waals surface area contributed by atoms with Gasteiger partial charge in [0.1, 0.15) is 6.54 Å². The molecule has 102 valence electrons. The average molecular weight is 255 g/mol. The summed E-state index contributed by atoms with van der Waals surface area (Å²) < 4.78 is 0. The van der Waals surface area contributed by atoms with E-state index in [2.05, 4.69) is 5.32 Å². The summed E-state index contributed by atoms with van der Waals surface area (Å²) in [4.78, 5) is 38.4. The van der Waals surface area contributed by atoms with Gasteiger partial charge < -0.3 is 4.90 Å². The van der Waals surface area contributed by atoms with Gasteiger partial charge in [-0.15, -0.1) is 0 Å². The van der Waals surface area contributed by atoms with Crippen molar-refractivity contribution in [3.8, 4) is 0 Å². The van der Waals surface area contributed by atoms with Crippen molar-refractivity contribution in [1.29, 1.82) is 0 Å². The Kier molecular flexibility index (Phi) is 4.45. The van der Waals surface area contributed by atoms with E-state index in [0.717, 1.165) is 4.90 Å². The van der Waals surface area contributed by atoms with Crippen molar-refractivity contribution in [3.05, 3.63) is 0 Å². The van der Waals surface area contributed by atoms with Crippen LogP contribution in [0, 0.1) is 0 Å². The molecule has 0 unspecified atom stereocenters. The topological polar surface area (TPSA) is 69.7 Å². The van der Waals surface area contributed by atoms with Crippen molar-refractivity contribution in [2.45, 2.75) is 33.2 Å². The molecule has 1 N–H and O–H groups in total. The summed E-state index contributed by atoms with van der Waals surface area (Å²) in [6.45, 7) is 8.22. The van der Waals surface area contributed by atoms with Gasteiger partial charge in [-0.3, -0.25) is 24.6 Å². The molecule has 1 aliphatic heterocycles. The SMILES string of the molecule is CCN(CC)C(=O)CN1C(=O)CNC(C)(C)C1=O. The molecule has 6 nitrogen and oxygen atoms in total. The van der Waals surface area contributed by atoms with E-state index in [4.69, 9.17) is 0 Å². The monoisotopic (exact) mass is 255 g/mol. The fourth-order valence-electron chi connectivity index (χ4n) is 1.89. The van der Waals surface area contributed by atoms with E-state index in [9.17, 15) is 14.4 Å². The molecule has 1 fully saturated rings. The molecule has 1 heterocycles. The van der Waals surface area contributed by atoms with E-state index in [1.54, 1.807) is 18.7 Å². The molecule has 0 aliphatic carbocycles. The summed E-state index contributed by atoms with van der Waals surface area (Å²) in [7, 11) is 0. The predicted molar refractivity (Wildman–Crippen MR) is 66.7 cm³/mol. The predicted octanol–water partition coefficient (Wildman–Crippen LogP) is -0.408. The number of piperazine rings is 1. The number of nitrogens with one attached hydrogen (secondary N) is 1. The van der Waals surface area contributed by atoms with Crippen molar-refractivity contribution in [2.24, 2.45) is 0 Å². The van der Waals surface area contributed by atoms with Crippen molar-refractivity contribution < 1.29 is 14.4 Å². The molecule has 6 heteroatoms. The maximum absolute atomic E-state index is 12.1. The zero-order valence-corrected chi connectivity index (χ0v) is 11.4. The van der Waals surface area contributed by atoms with E-state index in [-0.39, 0.29) is 30.8 Å². The van der Waals surface area contributed by atoms with Crippen molar-refractivity contribution in [2.75, 3.05) is 26.2 Å². The van der Waals surface area contributed by atoms with Gasteiger partial charge >= 0.3 is 0 Å². The first kappa shape index (κ1) is 14.6. The van der Waals surface area contributed by atoms with Crippen LogP contribution in [-0.4, -0.2) is 59.2 Å². The summed E-state index contributed by atoms with van der Waals surface area (Å²) in [6, 6.07) is 0. The molecule has 0 saturated carbocycles. The average Bonchev–Trinajstić information content (AvgIpc) is 2.32. The number of rotatable bonds is 4. The molecule has 0 aromatic rings. The Hall–Kier alpha value is -1.43. The molecule has 1 rings (SSSR count). The molecule has 18 heavy (non-hydrogen) atoms. The van der Waals surface area contributed by atoms with Gasteiger partial charge in [-0.05, 0) is 27.7 Å². The minimum atomic E-state index is -0.794. The lowest BCUT2D eigenvalue weighted by atomic mass is 10.0. The van der Waals surface area contributed by atoms with E-state index >= 15 is 0 Å². The number of amides is 3. The number of hydrogen-bond donors (Lipinski definition) is 1. The van der Waals surface area contributed by atoms with E-state index in [1.165, 1.54) is 0 Å². The van der Waals surface area contributed by atoms with Crippen molar-refractivity contribution in [3.63, 3.8) is 0 Å². The zero-order chi connectivity index (χ0) is 13.9. The van der Waals surface area contributed by atoms with Crippen LogP contribution in [-0.2, 0) is 14.4 Å². The summed E-state index contributed by atoms with van der Waals surface area (Å²) in [5.74, 6) is -0.890. The highest BCUT2D eigenvalue weighted by Gasteiger charge is 2.40. The number of carbonyl (C=O) groups is 3. The summed E-state index contributed by atoms with van der Waals surface area (Å²) in [5, 5.41) is 2.85. The lowest BCUT2D eigenvalue weighted by Crippen LogP contribution is -2.65. The maximum Gasteiger partial charge on any atom is 0.249 e. The van der Waals surface area contributed by atoms with Crippen LogP contribution in [0.1, 0.15) is 27.7 Å². The molecule has 0 aromatic carbocycles. The van der Waals surface area contributed by atoms with Crippen LogP contribution in [0.25, 0.3) is 0 Å². The second kappa shape index (κ2) is 5.48. The molecule has 0 atom stereocenters. The Balaban J connectivity index is 2.78. The Morgan fingerprint density at radius 2 is 1.89 bits per heavy atom. The van der Waals surface area contributed by atoms with Crippen LogP contribution in [0.4, 0.5) is 0 Å². The summed E-state index contributed by atoms with van der Waals surface area (Å²) in [5.41, 5.74) is -0.794. The number of likely N-dealkylation sites (N-methyl/N-ethyl adjacent to an activating group) is 1. The minimum Gasteiger partial charge on any atom is -0.342 e. The second-order valence-corrected chi connectivity index (χ2v) is 4.83. The van der Waals surface area contributed by atoms with Crippen molar-refractivity contribution >= 4 is 17.7 Å². The fourth-order valence-corrected chi connectivity index (χ4v) is 1.89. The number of hydrogen-bond acceptors (Lipinski definition) is 4. The van der Waals surface area contributed by atoms with Crippen LogP contribution in [0.5, 0.6) is 0 Å². The molecular formula is C12H21N3O3. The smallest absolute Gasteiger partial charge is 0.249 e. The van der Waals surface area contributed by atoms with E-state index in [1.807, 2.05) is 13.8 Å². The Morgan fingerprint density at radius 1 is 1.33 bits per heavy atom. The Bertz CT molecular complexity index is 362. The number of nitrogens with zero attached hydrogens (tertiary/aromatic N) is 2. The quantitative estimate of drug-likeness (QED) is 0.693. The molecule has 0 aromatic heterocycles. The third kappa shape index (κ3) is 2.87. The van der Waals surface area contributed by atoms with E-state index < -0.39 is 5.54 Å². The number of imide groups is 1. The van der Waals surface area contributed by atoms with Crippen molar-refractivity contribution in [1.82, 2.24) is 15.1 Å². The fraction of sp³-hybridized carbons (Fsp3) is 0.750. The highest BCUT2D eigenvalue weighted by atomic mass is 16.2. The highest BCUT2D eigenvalue weighted by Crippen LogP contribution is 2.13. The Morgan fingerprint density at radius 3 is 2.39 bits per heavy atom. The lowest BCUT2D eigenvalue weighted by molar-refractivity contribution is -0.156. The van der Waals surface area contributed by atoms with Gasteiger partial charge in [-0.2, -0.15) is 0 Å². The van der Waals surface area contributed by atoms with Gasteiger partial charge in [0.05, 0.1) is 12.1 Å². The first-order valence-electron chi connectivity index (χ1n) is 6.21. The van der Waals surface area contributed by atoms with Crippen LogP contribution < -0.4 is 5.32 Å². The van der Waals surface area contributed by atoms with Crippen LogP contribution in [0.3, 0.4) is 0 Å². The molecule has 1 saturated heterocycles. The first-order valence-corrected chi connectivity index (χ1v) is 6.21. The second-order valence-electron chi connectivity index (χ2n) is 4.83. The third-order valence-electron chi connectivity index (χ3n) is 3.17. The van der Waals surface area contributed by atoms with Gasteiger partial charge in [-0.1, -0.05) is 0 Å². The normalized spacial score (nSPS) is 19.0. The van der Waals surface area contributed by atoms with Gasteiger partial charge in [0.2, 0.25) is 17.7 Å². The largest absolute Gasteiger partial charge is 0.342 e. The molecular weight excluding hydrogens is 234 g/mol. The molecule has 0 radical (unpaired) electrons. The summed E-state index contributed by atoms with van der Waals surface area (Å²) >= 11 is 0. The highest BCUT2D eigenvalue weighted by molar-refractivity contribution is 6.05. The standard InChI is InChI=1S/C12H21N3O3/c1-5-14(6-2)10(17)8-15-9(16)7-13-12(3,4)11(15)18/h13H,5-8H2,1-4H3. The molecule has 0 spiro atoms. The molecule has 1 aliphatic rings. The van der Waals surface area contributed by atoms with Gasteiger partial charge in [0, 0.05) is 13.1 Å². The minimum absolute atomic E-state index is 0.0876. The van der Waals surface area contributed by atoms with Gasteiger partial charge in [0.25, 0.3) is 0 Å². The van der Waals surface area contributed by atoms with Gasteiger partial charge in [0.15, 0.2) is 0 Å². The molecule has 0 bridgehead atoms. The number of carbonyl (C=O) groups excluding carboxylic acids is 3. The Labute approximate surface area is 107 Å². The maximum atomic E-state index is 12.1. The van der Waals surface area contributed by atoms with Crippen LogP contribution in [0.2, 0.25) is 0 Å². The first-order chi connectivity index (χ1) is 8.33. The van der Waals surface area contributed by atoms with Gasteiger partial charge in [-0.25, -0.2) is 0 Å². The summed E-state index contributed by atoms with van der Waals surface area (Å²) in [6.07, 6.45) is 0. The lowest BCUT2D eigenvalue weighted by Gasteiger charge is -2.36. The third-order valence-corrected chi connectivity index (χ3v) is 3.17. The van der Waals surface area contributed by atoms with Crippen LogP contribution in [0.15, 0.2) is 0 Å². The van der Waals surface area contributed by atoms with Crippen LogP contribution >= 0.6 is 0 Å².